The molecule has 1 aliphatic heterocycles. The molecule has 2 nitrogen and oxygen atoms in total. The summed E-state index contributed by atoms with van der Waals surface area (Å²) in [4.78, 5) is 0. The molecule has 5 aromatic carbocycles. The molecular weight excluding hydrogens is 484 g/mol. The average molecular weight is 501 g/mol. The standard InChI is InChI=1S/C31H17BrO2/c32-18-13-14-20-19-7-1-3-9-23(19)31(25(20)17-18)24-10-4-6-12-27(24)33-28-16-15-22-21-8-2-5-11-26(21)34-30(22)29(28)31/h1-17H. The smallest absolute Gasteiger partial charge is 0.143 e. The summed E-state index contributed by atoms with van der Waals surface area (Å²) in [7, 11) is 0. The molecule has 0 N–H and O–H groups in total. The fraction of sp³-hybridized carbons (Fsp3) is 0.0323. The van der Waals surface area contributed by atoms with E-state index in [9.17, 15) is 0 Å². The molecular formula is C31H17BrO2. The SMILES string of the molecule is Brc1ccc2c(c1)C1(c3ccccc3Oc3ccc4c(oc5ccccc54)c31)c1ccccc1-2. The van der Waals surface area contributed by atoms with E-state index in [4.69, 9.17) is 9.15 Å². The zero-order valence-electron chi connectivity index (χ0n) is 18.0. The zero-order valence-corrected chi connectivity index (χ0v) is 19.6. The Labute approximate surface area is 204 Å². The fourth-order valence-corrected chi connectivity index (χ4v) is 6.50. The van der Waals surface area contributed by atoms with Crippen LogP contribution in [0.5, 0.6) is 11.5 Å². The molecule has 1 aromatic heterocycles. The number of fused-ring (bicyclic) bond motifs is 13. The van der Waals surface area contributed by atoms with Gasteiger partial charge in [0, 0.05) is 20.8 Å². The molecule has 2 heterocycles. The number of ether oxygens (including phenoxy) is 1. The molecule has 0 radical (unpaired) electrons. The minimum absolute atomic E-state index is 0.548. The normalized spacial score (nSPS) is 17.3. The molecule has 1 spiro atoms. The Morgan fingerprint density at radius 1 is 0.588 bits per heavy atom. The Kier molecular flexibility index (Phi) is 3.50. The third kappa shape index (κ3) is 2.12. The van der Waals surface area contributed by atoms with Gasteiger partial charge >= 0.3 is 0 Å². The van der Waals surface area contributed by atoms with Gasteiger partial charge in [-0.15, -0.1) is 0 Å². The van der Waals surface area contributed by atoms with Gasteiger partial charge in [0.25, 0.3) is 0 Å². The van der Waals surface area contributed by atoms with Crippen molar-refractivity contribution in [3.8, 4) is 22.6 Å². The second-order valence-electron chi connectivity index (χ2n) is 9.00. The van der Waals surface area contributed by atoms with Gasteiger partial charge < -0.3 is 9.15 Å². The van der Waals surface area contributed by atoms with E-state index in [2.05, 4.69) is 101 Å². The van der Waals surface area contributed by atoms with Crippen LogP contribution < -0.4 is 4.74 Å². The van der Waals surface area contributed by atoms with E-state index in [-0.39, 0.29) is 0 Å². The molecule has 0 saturated heterocycles. The van der Waals surface area contributed by atoms with E-state index in [1.807, 2.05) is 18.2 Å². The summed E-state index contributed by atoms with van der Waals surface area (Å²) in [6, 6.07) is 36.3. The lowest BCUT2D eigenvalue weighted by Gasteiger charge is -2.39. The van der Waals surface area contributed by atoms with Crippen LogP contribution in [-0.2, 0) is 5.41 Å². The topological polar surface area (TPSA) is 22.4 Å². The van der Waals surface area contributed by atoms with E-state index >= 15 is 0 Å². The van der Waals surface area contributed by atoms with Crippen LogP contribution in [0.1, 0.15) is 22.3 Å². The predicted molar refractivity (Wildman–Crippen MR) is 139 cm³/mol. The van der Waals surface area contributed by atoms with E-state index in [1.165, 1.54) is 22.3 Å². The van der Waals surface area contributed by atoms with Crippen molar-refractivity contribution < 1.29 is 9.15 Å². The molecule has 1 unspecified atom stereocenters. The lowest BCUT2D eigenvalue weighted by molar-refractivity contribution is 0.435. The van der Waals surface area contributed by atoms with Crippen molar-refractivity contribution in [2.24, 2.45) is 0 Å². The predicted octanol–water partition coefficient (Wildman–Crippen LogP) is 8.82. The number of halogens is 1. The highest BCUT2D eigenvalue weighted by Gasteiger charge is 2.52. The van der Waals surface area contributed by atoms with Gasteiger partial charge in [0.15, 0.2) is 0 Å². The van der Waals surface area contributed by atoms with Gasteiger partial charge in [-0.3, -0.25) is 0 Å². The van der Waals surface area contributed by atoms with Gasteiger partial charge in [-0.05, 0) is 58.7 Å². The molecule has 8 rings (SSSR count). The van der Waals surface area contributed by atoms with E-state index in [0.29, 0.717) is 0 Å². The van der Waals surface area contributed by atoms with Crippen molar-refractivity contribution >= 4 is 37.9 Å². The summed E-state index contributed by atoms with van der Waals surface area (Å²) in [6.07, 6.45) is 0. The molecule has 160 valence electrons. The Balaban J connectivity index is 1.65. The van der Waals surface area contributed by atoms with Crippen molar-refractivity contribution in [2.75, 3.05) is 0 Å². The number of hydrogen-bond donors (Lipinski definition) is 0. The minimum Gasteiger partial charge on any atom is -0.457 e. The fourth-order valence-electron chi connectivity index (χ4n) is 6.14. The maximum absolute atomic E-state index is 6.62. The highest BCUT2D eigenvalue weighted by molar-refractivity contribution is 9.10. The molecule has 1 aliphatic carbocycles. The molecule has 3 heteroatoms. The van der Waals surface area contributed by atoms with Crippen molar-refractivity contribution in [3.63, 3.8) is 0 Å². The van der Waals surface area contributed by atoms with E-state index < -0.39 is 5.41 Å². The molecule has 2 aliphatic rings. The van der Waals surface area contributed by atoms with Gasteiger partial charge in [0.2, 0.25) is 0 Å². The summed E-state index contributed by atoms with van der Waals surface area (Å²) >= 11 is 3.76. The Hall–Kier alpha value is -3.82. The first kappa shape index (κ1) is 18.6. The number of rotatable bonds is 0. The summed E-state index contributed by atoms with van der Waals surface area (Å²) in [5, 5.41) is 2.23. The molecule has 0 amide bonds. The first-order valence-corrected chi connectivity index (χ1v) is 12.2. The van der Waals surface area contributed by atoms with Crippen LogP contribution in [0.25, 0.3) is 33.1 Å². The Morgan fingerprint density at radius 2 is 1.35 bits per heavy atom. The van der Waals surface area contributed by atoms with E-state index in [0.717, 1.165) is 49.0 Å². The second kappa shape index (κ2) is 6.40. The monoisotopic (exact) mass is 500 g/mol. The molecule has 1 atom stereocenters. The van der Waals surface area contributed by atoms with Crippen molar-refractivity contribution in [1.82, 2.24) is 0 Å². The quantitative estimate of drug-likeness (QED) is 0.207. The first-order chi connectivity index (χ1) is 16.8. The highest BCUT2D eigenvalue weighted by atomic mass is 79.9. The third-order valence-electron chi connectivity index (χ3n) is 7.40. The van der Waals surface area contributed by atoms with Crippen LogP contribution in [0, 0.1) is 0 Å². The van der Waals surface area contributed by atoms with Crippen LogP contribution in [0.2, 0.25) is 0 Å². The summed E-state index contributed by atoms with van der Waals surface area (Å²) < 4.78 is 14.2. The number of furan rings is 1. The maximum Gasteiger partial charge on any atom is 0.143 e. The van der Waals surface area contributed by atoms with Gasteiger partial charge in [-0.2, -0.15) is 0 Å². The zero-order chi connectivity index (χ0) is 22.4. The van der Waals surface area contributed by atoms with Crippen molar-refractivity contribution in [3.05, 3.63) is 130 Å². The lowest BCUT2D eigenvalue weighted by atomic mass is 9.65. The van der Waals surface area contributed by atoms with Crippen molar-refractivity contribution in [1.29, 1.82) is 0 Å². The van der Waals surface area contributed by atoms with Crippen LogP contribution >= 0.6 is 15.9 Å². The van der Waals surface area contributed by atoms with Gasteiger partial charge in [-0.25, -0.2) is 0 Å². The molecule has 34 heavy (non-hydrogen) atoms. The lowest BCUT2D eigenvalue weighted by Crippen LogP contribution is -2.32. The molecule has 6 aromatic rings. The molecule has 0 fully saturated rings. The van der Waals surface area contributed by atoms with Gasteiger partial charge in [-0.1, -0.05) is 82.7 Å². The summed E-state index contributed by atoms with van der Waals surface area (Å²) in [6.45, 7) is 0. The van der Waals surface area contributed by atoms with Crippen LogP contribution in [0.15, 0.2) is 112 Å². The minimum atomic E-state index is -0.548. The first-order valence-electron chi connectivity index (χ1n) is 11.4. The van der Waals surface area contributed by atoms with Crippen LogP contribution in [0.4, 0.5) is 0 Å². The van der Waals surface area contributed by atoms with Gasteiger partial charge in [0.05, 0.1) is 11.0 Å². The van der Waals surface area contributed by atoms with Crippen LogP contribution in [0.3, 0.4) is 0 Å². The molecule has 0 saturated carbocycles. The largest absolute Gasteiger partial charge is 0.457 e. The average Bonchev–Trinajstić information content (AvgIpc) is 3.38. The second-order valence-corrected chi connectivity index (χ2v) is 9.91. The highest BCUT2D eigenvalue weighted by Crippen LogP contribution is 2.63. The summed E-state index contributed by atoms with van der Waals surface area (Å²) in [5.74, 6) is 1.72. The number of hydrogen-bond acceptors (Lipinski definition) is 2. The van der Waals surface area contributed by atoms with E-state index in [1.54, 1.807) is 0 Å². The number of benzene rings is 5. The third-order valence-corrected chi connectivity index (χ3v) is 7.89. The Morgan fingerprint density at radius 3 is 2.29 bits per heavy atom. The van der Waals surface area contributed by atoms with Crippen LogP contribution in [-0.4, -0.2) is 0 Å². The molecule has 0 bridgehead atoms. The summed E-state index contributed by atoms with van der Waals surface area (Å²) in [5.41, 5.74) is 8.43. The number of para-hydroxylation sites is 2. The maximum atomic E-state index is 6.62. The van der Waals surface area contributed by atoms with Crippen molar-refractivity contribution in [2.45, 2.75) is 5.41 Å². The Bertz CT molecular complexity index is 1810. The van der Waals surface area contributed by atoms with Gasteiger partial charge in [0.1, 0.15) is 22.7 Å².